The van der Waals surface area contributed by atoms with Crippen LogP contribution < -0.4 is 0 Å². The van der Waals surface area contributed by atoms with Crippen LogP contribution in [0.4, 0.5) is 4.79 Å². The molecule has 1 aliphatic rings. The van der Waals surface area contributed by atoms with Crippen LogP contribution in [-0.4, -0.2) is 35.9 Å². The molecule has 0 spiro atoms. The molecule has 0 aliphatic carbocycles. The highest BCUT2D eigenvalue weighted by Gasteiger charge is 2.24. The number of amides is 1. The van der Waals surface area contributed by atoms with Crippen LogP contribution in [0.1, 0.15) is 12.8 Å². The second-order valence-corrected chi connectivity index (χ2v) is 3.10. The van der Waals surface area contributed by atoms with Crippen molar-refractivity contribution in [1.82, 2.24) is 4.90 Å². The van der Waals surface area contributed by atoms with Crippen molar-refractivity contribution in [2.24, 2.45) is 0 Å². The van der Waals surface area contributed by atoms with Crippen LogP contribution in [0.3, 0.4) is 0 Å². The molecule has 1 atom stereocenters. The molecule has 1 fully saturated rings. The number of piperidine rings is 1. The predicted molar refractivity (Wildman–Crippen MR) is 43.0 cm³/mol. The number of ether oxygens (including phenoxy) is 1. The van der Waals surface area contributed by atoms with Gasteiger partial charge in [-0.05, 0) is 6.42 Å². The summed E-state index contributed by atoms with van der Waals surface area (Å²) >= 11 is 5.03. The summed E-state index contributed by atoms with van der Waals surface area (Å²) in [6.07, 6.45) is 0.755. The normalized spacial score (nSPS) is 24.0. The molecule has 1 amide bonds. The molecule has 0 aromatic rings. The van der Waals surface area contributed by atoms with E-state index in [9.17, 15) is 9.59 Å². The number of nitrogens with zero attached hydrogens (tertiary/aromatic N) is 1. The zero-order valence-electron chi connectivity index (χ0n) is 6.75. The lowest BCUT2D eigenvalue weighted by Gasteiger charge is -2.28. The van der Waals surface area contributed by atoms with E-state index in [2.05, 4.69) is 0 Å². The first-order chi connectivity index (χ1) is 5.59. The maximum Gasteiger partial charge on any atom is 0.404 e. The monoisotopic (exact) mass is 191 g/mol. The fourth-order valence-corrected chi connectivity index (χ4v) is 1.33. The van der Waals surface area contributed by atoms with E-state index in [4.69, 9.17) is 16.3 Å². The van der Waals surface area contributed by atoms with E-state index in [1.807, 2.05) is 0 Å². The Hall–Kier alpha value is -0.770. The summed E-state index contributed by atoms with van der Waals surface area (Å²) < 4.78 is 4.74. The minimum Gasteiger partial charge on any atom is -0.448 e. The Morgan fingerprint density at radius 1 is 1.75 bits per heavy atom. The van der Waals surface area contributed by atoms with Gasteiger partial charge >= 0.3 is 5.43 Å². The maximum absolute atomic E-state index is 11.0. The fourth-order valence-electron chi connectivity index (χ4n) is 1.20. The van der Waals surface area contributed by atoms with Gasteiger partial charge in [-0.2, -0.15) is 0 Å². The summed E-state index contributed by atoms with van der Waals surface area (Å²) in [4.78, 5) is 22.9. The van der Waals surface area contributed by atoms with Crippen molar-refractivity contribution in [3.05, 3.63) is 0 Å². The van der Waals surface area contributed by atoms with Gasteiger partial charge in [0.25, 0.3) is 0 Å². The van der Waals surface area contributed by atoms with Crippen LogP contribution in [-0.2, 0) is 9.53 Å². The standard InChI is InChI=1S/C7H10ClNO3/c1-9-4-5(12-7(8)11)2-3-6(9)10/h5H,2-4H2,1H3. The van der Waals surface area contributed by atoms with Crippen LogP contribution in [0.5, 0.6) is 0 Å². The first kappa shape index (κ1) is 9.32. The predicted octanol–water partition coefficient (Wildman–Crippen LogP) is 0.983. The summed E-state index contributed by atoms with van der Waals surface area (Å²) in [5.74, 6) is 0.0804. The zero-order valence-corrected chi connectivity index (χ0v) is 7.50. The van der Waals surface area contributed by atoms with Gasteiger partial charge in [-0.3, -0.25) is 4.79 Å². The highest BCUT2D eigenvalue weighted by Crippen LogP contribution is 2.13. The number of halogens is 1. The van der Waals surface area contributed by atoms with Gasteiger partial charge < -0.3 is 9.64 Å². The Morgan fingerprint density at radius 2 is 2.42 bits per heavy atom. The van der Waals surface area contributed by atoms with E-state index < -0.39 is 5.43 Å². The van der Waals surface area contributed by atoms with E-state index >= 15 is 0 Å². The van der Waals surface area contributed by atoms with Crippen LogP contribution >= 0.6 is 11.6 Å². The molecule has 5 heteroatoms. The summed E-state index contributed by atoms with van der Waals surface area (Å²) in [6.45, 7) is 0.442. The number of rotatable bonds is 1. The van der Waals surface area contributed by atoms with E-state index in [1.54, 1.807) is 7.05 Å². The SMILES string of the molecule is CN1CC(OC(=O)Cl)CCC1=O. The van der Waals surface area contributed by atoms with Crippen molar-refractivity contribution in [2.45, 2.75) is 18.9 Å². The number of carbonyl (C=O) groups excluding carboxylic acids is 2. The maximum atomic E-state index is 11.0. The number of likely N-dealkylation sites (tertiary alicyclic amines) is 1. The Bertz CT molecular complexity index is 207. The Morgan fingerprint density at radius 3 is 2.92 bits per heavy atom. The van der Waals surface area contributed by atoms with Crippen LogP contribution in [0.15, 0.2) is 0 Å². The van der Waals surface area contributed by atoms with Gasteiger partial charge in [0, 0.05) is 25.1 Å². The molecule has 4 nitrogen and oxygen atoms in total. The average molecular weight is 192 g/mol. The molecule has 0 aromatic heterocycles. The lowest BCUT2D eigenvalue weighted by molar-refractivity contribution is -0.134. The number of likely N-dealkylation sites (N-methyl/N-ethyl adjacent to an activating group) is 1. The summed E-state index contributed by atoms with van der Waals surface area (Å²) in [5.41, 5.74) is -0.803. The van der Waals surface area contributed by atoms with Crippen molar-refractivity contribution in [1.29, 1.82) is 0 Å². The van der Waals surface area contributed by atoms with Gasteiger partial charge in [-0.25, -0.2) is 4.79 Å². The van der Waals surface area contributed by atoms with Crippen molar-refractivity contribution >= 4 is 22.9 Å². The third-order valence-electron chi connectivity index (χ3n) is 1.84. The molecule has 1 heterocycles. The molecule has 0 aromatic carbocycles. The summed E-state index contributed by atoms with van der Waals surface area (Å²) in [7, 11) is 1.68. The van der Waals surface area contributed by atoms with Crippen molar-refractivity contribution in [3.63, 3.8) is 0 Å². The third-order valence-corrected chi connectivity index (χ3v) is 1.93. The molecule has 0 bridgehead atoms. The van der Waals surface area contributed by atoms with E-state index in [0.717, 1.165) is 0 Å². The molecule has 0 saturated carbocycles. The molecular formula is C7H10ClNO3. The second-order valence-electron chi connectivity index (χ2n) is 2.79. The smallest absolute Gasteiger partial charge is 0.404 e. The second kappa shape index (κ2) is 3.76. The quantitative estimate of drug-likeness (QED) is 0.581. The molecule has 0 N–H and O–H groups in total. The Labute approximate surface area is 75.4 Å². The first-order valence-corrected chi connectivity index (χ1v) is 4.07. The molecule has 1 rings (SSSR count). The van der Waals surface area contributed by atoms with Gasteiger partial charge in [0.15, 0.2) is 0 Å². The molecule has 1 unspecified atom stereocenters. The molecule has 1 aliphatic heterocycles. The molecule has 12 heavy (non-hydrogen) atoms. The van der Waals surface area contributed by atoms with Crippen LogP contribution in [0, 0.1) is 0 Å². The van der Waals surface area contributed by atoms with E-state index in [1.165, 1.54) is 4.90 Å². The van der Waals surface area contributed by atoms with Gasteiger partial charge in [0.1, 0.15) is 6.10 Å². The van der Waals surface area contributed by atoms with E-state index in [-0.39, 0.29) is 12.0 Å². The van der Waals surface area contributed by atoms with Crippen LogP contribution in [0.25, 0.3) is 0 Å². The number of hydrogen-bond acceptors (Lipinski definition) is 3. The topological polar surface area (TPSA) is 46.6 Å². The highest BCUT2D eigenvalue weighted by molar-refractivity contribution is 6.61. The Balaban J connectivity index is 2.40. The average Bonchev–Trinajstić information content (AvgIpc) is 1.96. The highest BCUT2D eigenvalue weighted by atomic mass is 35.5. The summed E-state index contributed by atoms with van der Waals surface area (Å²) in [6, 6.07) is 0. The van der Waals surface area contributed by atoms with Gasteiger partial charge in [0.2, 0.25) is 5.91 Å². The van der Waals surface area contributed by atoms with Crippen molar-refractivity contribution in [3.8, 4) is 0 Å². The first-order valence-electron chi connectivity index (χ1n) is 3.69. The third kappa shape index (κ3) is 2.37. The minimum atomic E-state index is -0.803. The minimum absolute atomic E-state index is 0.0804. The number of hydrogen-bond donors (Lipinski definition) is 0. The van der Waals surface area contributed by atoms with Crippen molar-refractivity contribution < 1.29 is 14.3 Å². The zero-order chi connectivity index (χ0) is 9.14. The fraction of sp³-hybridized carbons (Fsp3) is 0.714. The molecule has 68 valence electrons. The largest absolute Gasteiger partial charge is 0.448 e. The lowest BCUT2D eigenvalue weighted by atomic mass is 10.1. The van der Waals surface area contributed by atoms with Crippen molar-refractivity contribution in [2.75, 3.05) is 13.6 Å². The number of carbonyl (C=O) groups is 2. The van der Waals surface area contributed by atoms with Crippen LogP contribution in [0.2, 0.25) is 0 Å². The molecular weight excluding hydrogens is 182 g/mol. The summed E-state index contributed by atoms with van der Waals surface area (Å²) in [5, 5.41) is 0. The van der Waals surface area contributed by atoms with E-state index in [0.29, 0.717) is 19.4 Å². The Kier molecular flexibility index (Phi) is 2.92. The van der Waals surface area contributed by atoms with Gasteiger partial charge in [0.05, 0.1) is 6.54 Å². The lowest BCUT2D eigenvalue weighted by Crippen LogP contribution is -2.41. The molecule has 0 radical (unpaired) electrons. The van der Waals surface area contributed by atoms with Gasteiger partial charge in [-0.1, -0.05) is 0 Å². The van der Waals surface area contributed by atoms with Gasteiger partial charge in [-0.15, -0.1) is 0 Å². The molecule has 1 saturated heterocycles.